The fourth-order valence-corrected chi connectivity index (χ4v) is 4.68. The van der Waals surface area contributed by atoms with E-state index in [0.29, 0.717) is 13.1 Å². The standard InChI is InChI=1S/C25H27N3O2S/c1-2-18-10-12-19(13-11-18)25-27-22(17-31-25)15-23(29)28-14-6-7-20(16-28)24(30)26-21-8-4-3-5-9-21/h3-5,8-13,17,20H,2,6-7,14-16H2,1H3,(H,26,30). The van der Waals surface area contributed by atoms with E-state index in [1.165, 1.54) is 5.56 Å². The summed E-state index contributed by atoms with van der Waals surface area (Å²) in [5.74, 6) is -0.161. The van der Waals surface area contributed by atoms with Crippen molar-refractivity contribution in [3.63, 3.8) is 0 Å². The van der Waals surface area contributed by atoms with Crippen LogP contribution in [0.3, 0.4) is 0 Å². The van der Waals surface area contributed by atoms with Gasteiger partial charge in [-0.2, -0.15) is 0 Å². The van der Waals surface area contributed by atoms with Gasteiger partial charge in [0.1, 0.15) is 5.01 Å². The van der Waals surface area contributed by atoms with Crippen molar-refractivity contribution in [1.82, 2.24) is 9.88 Å². The number of aryl methyl sites for hydroxylation is 1. The second-order valence-electron chi connectivity index (χ2n) is 7.91. The molecule has 160 valence electrons. The van der Waals surface area contributed by atoms with Gasteiger partial charge in [0.25, 0.3) is 0 Å². The average molecular weight is 434 g/mol. The van der Waals surface area contributed by atoms with E-state index >= 15 is 0 Å². The number of likely N-dealkylation sites (tertiary alicyclic amines) is 1. The summed E-state index contributed by atoms with van der Waals surface area (Å²) in [7, 11) is 0. The molecule has 0 radical (unpaired) electrons. The Morgan fingerprint density at radius 2 is 1.90 bits per heavy atom. The summed E-state index contributed by atoms with van der Waals surface area (Å²) in [5.41, 5.74) is 3.96. The Kier molecular flexibility index (Phi) is 6.77. The molecule has 2 heterocycles. The Bertz CT molecular complexity index is 1030. The fraction of sp³-hybridized carbons (Fsp3) is 0.320. The summed E-state index contributed by atoms with van der Waals surface area (Å²) < 4.78 is 0. The second kappa shape index (κ2) is 9.88. The van der Waals surface area contributed by atoms with Crippen molar-refractivity contribution < 1.29 is 9.59 Å². The summed E-state index contributed by atoms with van der Waals surface area (Å²) in [6.45, 7) is 3.30. The Balaban J connectivity index is 1.35. The van der Waals surface area contributed by atoms with Crippen LogP contribution in [-0.4, -0.2) is 34.8 Å². The number of aromatic nitrogens is 1. The minimum atomic E-state index is -0.180. The third-order valence-corrected chi connectivity index (χ3v) is 6.62. The molecule has 1 unspecified atom stereocenters. The SMILES string of the molecule is CCc1ccc(-c2nc(CC(=O)N3CCCC(C(=O)Nc4ccccc4)C3)cs2)cc1. The minimum absolute atomic E-state index is 0.0184. The molecule has 0 spiro atoms. The van der Waals surface area contributed by atoms with Crippen LogP contribution in [0.1, 0.15) is 31.0 Å². The first-order valence-corrected chi connectivity index (χ1v) is 11.7. The maximum Gasteiger partial charge on any atom is 0.229 e. The van der Waals surface area contributed by atoms with Crippen molar-refractivity contribution in [2.45, 2.75) is 32.6 Å². The number of nitrogens with zero attached hydrogens (tertiary/aromatic N) is 2. The molecule has 1 aliphatic rings. The molecular weight excluding hydrogens is 406 g/mol. The van der Waals surface area contributed by atoms with Gasteiger partial charge in [-0.15, -0.1) is 11.3 Å². The highest BCUT2D eigenvalue weighted by Gasteiger charge is 2.28. The Labute approximate surface area is 187 Å². The highest BCUT2D eigenvalue weighted by Crippen LogP contribution is 2.25. The van der Waals surface area contributed by atoms with Crippen LogP contribution in [0.5, 0.6) is 0 Å². The number of anilines is 1. The van der Waals surface area contributed by atoms with Crippen molar-refractivity contribution in [2.24, 2.45) is 5.92 Å². The maximum absolute atomic E-state index is 12.9. The molecular formula is C25H27N3O2S. The zero-order chi connectivity index (χ0) is 21.6. The Hall–Kier alpha value is -2.99. The van der Waals surface area contributed by atoms with Crippen molar-refractivity contribution in [1.29, 1.82) is 0 Å². The zero-order valence-corrected chi connectivity index (χ0v) is 18.5. The molecule has 2 amide bonds. The molecule has 1 aliphatic heterocycles. The number of hydrogen-bond donors (Lipinski definition) is 1. The molecule has 1 N–H and O–H groups in total. The predicted octanol–water partition coefficient (Wildman–Crippen LogP) is 4.79. The van der Waals surface area contributed by atoms with Crippen LogP contribution in [0.15, 0.2) is 60.0 Å². The Morgan fingerprint density at radius 1 is 1.13 bits per heavy atom. The molecule has 1 saturated heterocycles. The summed E-state index contributed by atoms with van der Waals surface area (Å²) in [6.07, 6.45) is 2.93. The lowest BCUT2D eigenvalue weighted by atomic mass is 9.96. The van der Waals surface area contributed by atoms with E-state index in [1.807, 2.05) is 40.6 Å². The van der Waals surface area contributed by atoms with Gasteiger partial charge in [0, 0.05) is 29.7 Å². The van der Waals surface area contributed by atoms with Crippen LogP contribution in [0, 0.1) is 5.92 Å². The van der Waals surface area contributed by atoms with Gasteiger partial charge < -0.3 is 10.2 Å². The third-order valence-electron chi connectivity index (χ3n) is 5.68. The van der Waals surface area contributed by atoms with Gasteiger partial charge in [-0.3, -0.25) is 9.59 Å². The molecule has 1 atom stereocenters. The number of carbonyl (C=O) groups is 2. The van der Waals surface area contributed by atoms with Gasteiger partial charge in [0.15, 0.2) is 0 Å². The molecule has 0 bridgehead atoms. The van der Waals surface area contributed by atoms with Crippen LogP contribution < -0.4 is 5.32 Å². The van der Waals surface area contributed by atoms with Crippen LogP contribution in [-0.2, 0) is 22.4 Å². The van der Waals surface area contributed by atoms with Gasteiger partial charge >= 0.3 is 0 Å². The highest BCUT2D eigenvalue weighted by molar-refractivity contribution is 7.13. The highest BCUT2D eigenvalue weighted by atomic mass is 32.1. The van der Waals surface area contributed by atoms with Gasteiger partial charge in [-0.05, 0) is 37.0 Å². The number of hydrogen-bond acceptors (Lipinski definition) is 4. The molecule has 5 nitrogen and oxygen atoms in total. The first kappa shape index (κ1) is 21.2. The zero-order valence-electron chi connectivity index (χ0n) is 17.7. The van der Waals surface area contributed by atoms with Gasteiger partial charge in [0.05, 0.1) is 18.0 Å². The number of piperidine rings is 1. The lowest BCUT2D eigenvalue weighted by Crippen LogP contribution is -2.44. The van der Waals surface area contributed by atoms with Crippen LogP contribution in [0.2, 0.25) is 0 Å². The quantitative estimate of drug-likeness (QED) is 0.608. The topological polar surface area (TPSA) is 62.3 Å². The van der Waals surface area contributed by atoms with Gasteiger partial charge in [-0.1, -0.05) is 49.4 Å². The number of para-hydroxylation sites is 1. The van der Waals surface area contributed by atoms with E-state index in [0.717, 1.165) is 41.2 Å². The van der Waals surface area contributed by atoms with Crippen molar-refractivity contribution in [2.75, 3.05) is 18.4 Å². The summed E-state index contributed by atoms with van der Waals surface area (Å²) in [5, 5.41) is 5.86. The number of carbonyl (C=O) groups excluding carboxylic acids is 2. The molecule has 4 rings (SSSR count). The molecule has 1 aromatic heterocycles. The molecule has 3 aromatic rings. The first-order valence-electron chi connectivity index (χ1n) is 10.8. The maximum atomic E-state index is 12.9. The summed E-state index contributed by atoms with van der Waals surface area (Å²) >= 11 is 1.57. The predicted molar refractivity (Wildman–Crippen MR) is 125 cm³/mol. The van der Waals surface area contributed by atoms with E-state index < -0.39 is 0 Å². The number of rotatable bonds is 6. The minimum Gasteiger partial charge on any atom is -0.342 e. The average Bonchev–Trinajstić information content (AvgIpc) is 3.28. The van der Waals surface area contributed by atoms with Crippen LogP contribution in [0.4, 0.5) is 5.69 Å². The summed E-state index contributed by atoms with van der Waals surface area (Å²) in [4.78, 5) is 32.0. The Morgan fingerprint density at radius 3 is 2.65 bits per heavy atom. The van der Waals surface area contributed by atoms with Gasteiger partial charge in [-0.25, -0.2) is 4.98 Å². The molecule has 0 saturated carbocycles. The number of thiazole rings is 1. The molecule has 31 heavy (non-hydrogen) atoms. The van der Waals surface area contributed by atoms with E-state index in [4.69, 9.17) is 0 Å². The second-order valence-corrected chi connectivity index (χ2v) is 8.76. The van der Waals surface area contributed by atoms with Gasteiger partial charge in [0.2, 0.25) is 11.8 Å². The van der Waals surface area contributed by atoms with Crippen LogP contribution in [0.25, 0.3) is 10.6 Å². The van der Waals surface area contributed by atoms with Crippen molar-refractivity contribution in [3.8, 4) is 10.6 Å². The largest absolute Gasteiger partial charge is 0.342 e. The van der Waals surface area contributed by atoms with Crippen molar-refractivity contribution >= 4 is 28.8 Å². The molecule has 1 fully saturated rings. The summed E-state index contributed by atoms with van der Waals surface area (Å²) in [6, 6.07) is 17.9. The number of amides is 2. The van der Waals surface area contributed by atoms with Crippen molar-refractivity contribution in [3.05, 3.63) is 71.2 Å². The van der Waals surface area contributed by atoms with E-state index in [1.54, 1.807) is 11.3 Å². The number of nitrogens with one attached hydrogen (secondary N) is 1. The lowest BCUT2D eigenvalue weighted by Gasteiger charge is -2.32. The first-order chi connectivity index (χ1) is 15.1. The molecule has 2 aromatic carbocycles. The van der Waals surface area contributed by atoms with E-state index in [-0.39, 0.29) is 24.2 Å². The third kappa shape index (κ3) is 5.39. The normalized spacial score (nSPS) is 16.2. The lowest BCUT2D eigenvalue weighted by molar-refractivity contribution is -0.134. The van der Waals surface area contributed by atoms with E-state index in [9.17, 15) is 9.59 Å². The van der Waals surface area contributed by atoms with E-state index in [2.05, 4.69) is 41.5 Å². The fourth-order valence-electron chi connectivity index (χ4n) is 3.85. The van der Waals surface area contributed by atoms with Crippen LogP contribution >= 0.6 is 11.3 Å². The molecule has 0 aliphatic carbocycles. The number of benzene rings is 2. The molecule has 6 heteroatoms. The smallest absolute Gasteiger partial charge is 0.229 e. The monoisotopic (exact) mass is 433 g/mol.